The molecule has 1 unspecified atom stereocenters. The number of ether oxygens (including phenoxy) is 1. The van der Waals surface area contributed by atoms with Gasteiger partial charge in [-0.05, 0) is 66.4 Å². The van der Waals surface area contributed by atoms with Crippen LogP contribution in [0.1, 0.15) is 27.6 Å². The number of nitrogens with zero attached hydrogens (tertiary/aromatic N) is 1. The predicted molar refractivity (Wildman–Crippen MR) is 123 cm³/mol. The van der Waals surface area contributed by atoms with Gasteiger partial charge < -0.3 is 9.84 Å². The summed E-state index contributed by atoms with van der Waals surface area (Å²) in [5.74, 6) is -2.01. The predicted octanol–water partition coefficient (Wildman–Crippen LogP) is 6.36. The molecule has 0 spiro atoms. The van der Waals surface area contributed by atoms with E-state index in [9.17, 15) is 27.9 Å². The lowest BCUT2D eigenvalue weighted by Crippen LogP contribution is -2.29. The van der Waals surface area contributed by atoms with E-state index in [1.165, 1.54) is 36.6 Å². The minimum atomic E-state index is -4.55. The fourth-order valence-corrected chi connectivity index (χ4v) is 5.07. The Labute approximate surface area is 201 Å². The van der Waals surface area contributed by atoms with E-state index in [-0.39, 0.29) is 21.8 Å². The van der Waals surface area contributed by atoms with Crippen LogP contribution in [0.25, 0.3) is 5.76 Å². The first-order valence-electron chi connectivity index (χ1n) is 9.90. The van der Waals surface area contributed by atoms with Crippen LogP contribution in [0.3, 0.4) is 0 Å². The summed E-state index contributed by atoms with van der Waals surface area (Å²) in [6.07, 6.45) is -4.55. The molecule has 1 fully saturated rings. The maximum atomic E-state index is 13.1. The molecule has 1 amide bonds. The molecule has 10 heteroatoms. The molecule has 1 aromatic heterocycles. The molecular weight excluding hydrogens is 491 g/mol. The van der Waals surface area contributed by atoms with Gasteiger partial charge >= 0.3 is 6.18 Å². The third-order valence-electron chi connectivity index (χ3n) is 5.49. The number of anilines is 1. The summed E-state index contributed by atoms with van der Waals surface area (Å²) < 4.78 is 44.2. The van der Waals surface area contributed by atoms with Gasteiger partial charge in [-0.1, -0.05) is 11.6 Å². The second-order valence-corrected chi connectivity index (χ2v) is 8.89. The van der Waals surface area contributed by atoms with Crippen molar-refractivity contribution < 1.29 is 32.6 Å². The van der Waals surface area contributed by atoms with Gasteiger partial charge in [0.25, 0.3) is 11.7 Å². The van der Waals surface area contributed by atoms with Gasteiger partial charge in [-0.2, -0.15) is 13.2 Å². The van der Waals surface area contributed by atoms with Crippen LogP contribution in [-0.4, -0.2) is 23.9 Å². The molecule has 3 aromatic rings. The van der Waals surface area contributed by atoms with Crippen LogP contribution in [0.2, 0.25) is 5.02 Å². The zero-order valence-corrected chi connectivity index (χ0v) is 19.4. The molecule has 1 N–H and O–H groups in total. The average molecular weight is 508 g/mol. The lowest BCUT2D eigenvalue weighted by Gasteiger charge is -2.25. The topological polar surface area (TPSA) is 66.8 Å². The van der Waals surface area contributed by atoms with E-state index in [2.05, 4.69) is 0 Å². The van der Waals surface area contributed by atoms with Crippen molar-refractivity contribution in [3.8, 4) is 5.75 Å². The van der Waals surface area contributed by atoms with Crippen molar-refractivity contribution >= 4 is 46.1 Å². The number of aliphatic hydroxyl groups is 1. The zero-order valence-electron chi connectivity index (χ0n) is 17.8. The van der Waals surface area contributed by atoms with Gasteiger partial charge in [-0.15, -0.1) is 11.3 Å². The number of benzene rings is 2. The second-order valence-electron chi connectivity index (χ2n) is 7.53. The molecule has 0 bridgehead atoms. The Balaban J connectivity index is 1.90. The lowest BCUT2D eigenvalue weighted by atomic mass is 9.98. The molecule has 5 nitrogen and oxygen atoms in total. The smallest absolute Gasteiger partial charge is 0.416 e. The number of carbonyl (C=O) groups excluding carboxylic acids is 2. The number of ketones is 1. The summed E-state index contributed by atoms with van der Waals surface area (Å²) in [7, 11) is 1.43. The zero-order chi connectivity index (χ0) is 24.8. The highest BCUT2D eigenvalue weighted by molar-refractivity contribution is 7.10. The molecule has 1 atom stereocenters. The van der Waals surface area contributed by atoms with Gasteiger partial charge in [0.1, 0.15) is 17.6 Å². The quantitative estimate of drug-likeness (QED) is 0.253. The number of rotatable bonds is 4. The molecule has 0 radical (unpaired) electrons. The first kappa shape index (κ1) is 23.8. The van der Waals surface area contributed by atoms with Crippen LogP contribution in [0.5, 0.6) is 5.75 Å². The number of halogens is 4. The van der Waals surface area contributed by atoms with E-state index < -0.39 is 35.2 Å². The Morgan fingerprint density at radius 1 is 1.12 bits per heavy atom. The van der Waals surface area contributed by atoms with Gasteiger partial charge in [0.15, 0.2) is 0 Å². The van der Waals surface area contributed by atoms with Crippen LogP contribution >= 0.6 is 22.9 Å². The molecule has 1 saturated heterocycles. The van der Waals surface area contributed by atoms with E-state index in [1.54, 1.807) is 18.4 Å². The fourth-order valence-electron chi connectivity index (χ4n) is 3.79. The SMILES string of the molecule is COc1ccc(/C(O)=C2/C(=O)C(=O)N(c3ccc(C(F)(F)F)cc3)C2c2sccc2C)cc1Cl. The molecule has 0 aliphatic carbocycles. The Bertz CT molecular complexity index is 1310. The maximum absolute atomic E-state index is 13.1. The third kappa shape index (κ3) is 4.05. The van der Waals surface area contributed by atoms with Crippen molar-refractivity contribution in [2.45, 2.75) is 19.1 Å². The largest absolute Gasteiger partial charge is 0.507 e. The summed E-state index contributed by atoms with van der Waals surface area (Å²) in [5, 5.41) is 13.1. The molecular formula is C24H17ClF3NO4S. The first-order chi connectivity index (χ1) is 16.0. The average Bonchev–Trinajstić information content (AvgIpc) is 3.33. The number of methoxy groups -OCH3 is 1. The van der Waals surface area contributed by atoms with Crippen molar-refractivity contribution in [3.05, 3.63) is 86.1 Å². The third-order valence-corrected chi connectivity index (χ3v) is 6.86. The van der Waals surface area contributed by atoms with Crippen molar-refractivity contribution in [2.75, 3.05) is 12.0 Å². The summed E-state index contributed by atoms with van der Waals surface area (Å²) in [6.45, 7) is 1.78. The van der Waals surface area contributed by atoms with Gasteiger partial charge in [0.2, 0.25) is 0 Å². The van der Waals surface area contributed by atoms with Crippen molar-refractivity contribution in [3.63, 3.8) is 0 Å². The Morgan fingerprint density at radius 2 is 1.79 bits per heavy atom. The number of alkyl halides is 3. The number of aliphatic hydroxyl groups excluding tert-OH is 1. The summed E-state index contributed by atoms with van der Waals surface area (Å²) in [6, 6.07) is 9.11. The van der Waals surface area contributed by atoms with Crippen molar-refractivity contribution in [1.29, 1.82) is 0 Å². The van der Waals surface area contributed by atoms with E-state index in [4.69, 9.17) is 16.3 Å². The molecule has 4 rings (SSSR count). The number of amides is 1. The summed E-state index contributed by atoms with van der Waals surface area (Å²) in [5.41, 5.74) is -0.0242. The molecule has 1 aliphatic heterocycles. The summed E-state index contributed by atoms with van der Waals surface area (Å²) >= 11 is 7.44. The number of hydrogen-bond donors (Lipinski definition) is 1. The van der Waals surface area contributed by atoms with Crippen LogP contribution in [0.4, 0.5) is 18.9 Å². The molecule has 176 valence electrons. The Morgan fingerprint density at radius 3 is 2.32 bits per heavy atom. The van der Waals surface area contributed by atoms with E-state index >= 15 is 0 Å². The van der Waals surface area contributed by atoms with Gasteiger partial charge in [-0.25, -0.2) is 0 Å². The van der Waals surface area contributed by atoms with Crippen molar-refractivity contribution in [2.24, 2.45) is 0 Å². The van der Waals surface area contributed by atoms with Crippen LogP contribution < -0.4 is 9.64 Å². The molecule has 2 heterocycles. The van der Waals surface area contributed by atoms with Crippen LogP contribution in [0, 0.1) is 6.92 Å². The first-order valence-corrected chi connectivity index (χ1v) is 11.2. The maximum Gasteiger partial charge on any atom is 0.416 e. The standard InChI is InChI=1S/C24H17ClF3NO4S/c1-12-9-10-34-22(12)19-18(20(30)13-3-8-17(33-2)16(25)11-13)21(31)23(32)29(19)15-6-4-14(5-7-15)24(26,27)28/h3-11,19,30H,1-2H3/b20-18-. The van der Waals surface area contributed by atoms with E-state index in [1.807, 2.05) is 0 Å². The molecule has 1 aliphatic rings. The minimum absolute atomic E-state index is 0.0970. The van der Waals surface area contributed by atoms with Crippen molar-refractivity contribution in [1.82, 2.24) is 0 Å². The fraction of sp³-hybridized carbons (Fsp3) is 0.167. The van der Waals surface area contributed by atoms with Gasteiger partial charge in [-0.3, -0.25) is 14.5 Å². The molecule has 34 heavy (non-hydrogen) atoms. The highest BCUT2D eigenvalue weighted by Gasteiger charge is 2.48. The minimum Gasteiger partial charge on any atom is -0.507 e. The van der Waals surface area contributed by atoms with Gasteiger partial charge in [0.05, 0.1) is 23.3 Å². The lowest BCUT2D eigenvalue weighted by molar-refractivity contribution is -0.137. The normalized spacial score (nSPS) is 17.9. The number of thiophene rings is 1. The molecule has 2 aromatic carbocycles. The Kier molecular flexibility index (Phi) is 6.18. The summed E-state index contributed by atoms with van der Waals surface area (Å²) in [4.78, 5) is 27.9. The van der Waals surface area contributed by atoms with E-state index in [0.717, 1.165) is 34.7 Å². The van der Waals surface area contributed by atoms with Crippen LogP contribution in [-0.2, 0) is 15.8 Å². The number of aryl methyl sites for hydroxylation is 1. The highest BCUT2D eigenvalue weighted by Crippen LogP contribution is 2.45. The van der Waals surface area contributed by atoms with Crippen LogP contribution in [0.15, 0.2) is 59.5 Å². The number of carbonyl (C=O) groups is 2. The number of Topliss-reactive ketones (excluding diaryl/α,β-unsaturated/α-hetero) is 1. The highest BCUT2D eigenvalue weighted by atomic mass is 35.5. The van der Waals surface area contributed by atoms with Gasteiger partial charge in [0, 0.05) is 16.1 Å². The number of hydrogen-bond acceptors (Lipinski definition) is 5. The monoisotopic (exact) mass is 507 g/mol. The Hall–Kier alpha value is -3.30. The second kappa shape index (κ2) is 8.81. The van der Waals surface area contributed by atoms with E-state index in [0.29, 0.717) is 10.6 Å². The molecule has 0 saturated carbocycles.